The van der Waals surface area contributed by atoms with Crippen molar-refractivity contribution in [1.82, 2.24) is 9.80 Å². The Labute approximate surface area is 120 Å². The number of rotatable bonds is 2. The zero-order chi connectivity index (χ0) is 13.7. The van der Waals surface area contributed by atoms with Crippen molar-refractivity contribution in [3.8, 4) is 0 Å². The number of hydrogen-bond acceptors (Lipinski definition) is 2. The third kappa shape index (κ3) is 3.85. The quantitative estimate of drug-likeness (QED) is 0.727. The Kier molecular flexibility index (Phi) is 5.49. The minimum atomic E-state index is -0.0117. The van der Waals surface area contributed by atoms with E-state index in [1.165, 1.54) is 12.8 Å². The average Bonchev–Trinajstić information content (AvgIpc) is 2.75. The number of halogens is 1. The van der Waals surface area contributed by atoms with Gasteiger partial charge < -0.3 is 9.80 Å². The number of piperidine rings is 1. The largest absolute Gasteiger partial charge is 0.342 e. The summed E-state index contributed by atoms with van der Waals surface area (Å²) in [5.74, 6) is 0.449. The van der Waals surface area contributed by atoms with E-state index >= 15 is 0 Å². The van der Waals surface area contributed by atoms with Crippen molar-refractivity contribution in [2.75, 3.05) is 32.1 Å². The fourth-order valence-electron chi connectivity index (χ4n) is 3.01. The van der Waals surface area contributed by atoms with E-state index in [0.717, 1.165) is 38.8 Å². The van der Waals surface area contributed by atoms with Crippen molar-refractivity contribution in [3.63, 3.8) is 0 Å². The minimum Gasteiger partial charge on any atom is -0.342 e. The van der Waals surface area contributed by atoms with Crippen molar-refractivity contribution in [2.24, 2.45) is 5.92 Å². The van der Waals surface area contributed by atoms with Crippen LogP contribution in [0.15, 0.2) is 0 Å². The maximum absolute atomic E-state index is 12.4. The lowest BCUT2D eigenvalue weighted by Crippen LogP contribution is -2.45. The second-order valence-corrected chi connectivity index (χ2v) is 5.80. The highest BCUT2D eigenvalue weighted by Crippen LogP contribution is 2.21. The predicted octanol–water partition coefficient (Wildman–Crippen LogP) is 1.87. The summed E-state index contributed by atoms with van der Waals surface area (Å²) in [4.78, 5) is 27.8. The lowest BCUT2D eigenvalue weighted by Gasteiger charge is -2.33. The highest BCUT2D eigenvalue weighted by Gasteiger charge is 2.29. The molecule has 0 aromatic carbocycles. The Balaban J connectivity index is 1.83. The summed E-state index contributed by atoms with van der Waals surface area (Å²) in [7, 11) is 0. The summed E-state index contributed by atoms with van der Waals surface area (Å²) in [6.45, 7) is 3.19. The first kappa shape index (κ1) is 14.6. The third-order valence-corrected chi connectivity index (χ3v) is 4.46. The van der Waals surface area contributed by atoms with E-state index in [9.17, 15) is 9.59 Å². The minimum absolute atomic E-state index is 0.0117. The number of carbonyl (C=O) groups excluding carboxylic acids is 2. The van der Waals surface area contributed by atoms with Crippen LogP contribution in [0.3, 0.4) is 0 Å². The van der Waals surface area contributed by atoms with E-state index in [4.69, 9.17) is 11.6 Å². The number of hydrogen-bond donors (Lipinski definition) is 0. The smallest absolute Gasteiger partial charge is 0.237 e. The molecule has 0 aliphatic carbocycles. The molecule has 2 aliphatic heterocycles. The van der Waals surface area contributed by atoms with Crippen molar-refractivity contribution in [3.05, 3.63) is 0 Å². The summed E-state index contributed by atoms with van der Waals surface area (Å²) in [5.41, 5.74) is 0. The number of carbonyl (C=O) groups is 2. The van der Waals surface area contributed by atoms with E-state index in [1.54, 1.807) is 4.90 Å². The van der Waals surface area contributed by atoms with Gasteiger partial charge in [-0.2, -0.15) is 0 Å². The Bertz CT molecular complexity index is 319. The third-order valence-electron chi connectivity index (χ3n) is 4.23. The first-order valence-corrected chi connectivity index (χ1v) is 7.88. The molecule has 19 heavy (non-hydrogen) atoms. The van der Waals surface area contributed by atoms with Gasteiger partial charge in [0.1, 0.15) is 5.88 Å². The SMILES string of the molecule is O=C(CCl)N1CCC(C(=O)N2CCCCCC2)CC1. The van der Waals surface area contributed by atoms with Crippen LogP contribution < -0.4 is 0 Å². The van der Waals surface area contributed by atoms with Gasteiger partial charge in [-0.3, -0.25) is 9.59 Å². The van der Waals surface area contributed by atoms with E-state index in [-0.39, 0.29) is 17.7 Å². The summed E-state index contributed by atoms with van der Waals surface area (Å²) >= 11 is 5.56. The number of nitrogens with zero attached hydrogens (tertiary/aromatic N) is 2. The summed E-state index contributed by atoms with van der Waals surface area (Å²) in [5, 5.41) is 0. The maximum atomic E-state index is 12.4. The molecular weight excluding hydrogens is 264 g/mol. The van der Waals surface area contributed by atoms with Crippen molar-refractivity contribution < 1.29 is 9.59 Å². The van der Waals surface area contributed by atoms with Crippen LogP contribution in [0.1, 0.15) is 38.5 Å². The van der Waals surface area contributed by atoms with Gasteiger partial charge in [-0.1, -0.05) is 12.8 Å². The monoisotopic (exact) mass is 286 g/mol. The Hall–Kier alpha value is -0.770. The molecule has 0 unspecified atom stereocenters. The van der Waals surface area contributed by atoms with Gasteiger partial charge in [0, 0.05) is 32.1 Å². The Morgan fingerprint density at radius 3 is 2.00 bits per heavy atom. The van der Waals surface area contributed by atoms with Crippen LogP contribution in [0.4, 0.5) is 0 Å². The number of amides is 2. The lowest BCUT2D eigenvalue weighted by atomic mass is 9.95. The number of alkyl halides is 1. The van der Waals surface area contributed by atoms with Crippen LogP contribution in [0, 0.1) is 5.92 Å². The first-order chi connectivity index (χ1) is 9.22. The Morgan fingerprint density at radius 2 is 1.47 bits per heavy atom. The fraction of sp³-hybridized carbons (Fsp3) is 0.857. The van der Waals surface area contributed by atoms with Crippen molar-refractivity contribution >= 4 is 23.4 Å². The van der Waals surface area contributed by atoms with Crippen LogP contribution in [0.5, 0.6) is 0 Å². The lowest BCUT2D eigenvalue weighted by molar-refractivity contribution is -0.139. The standard InChI is InChI=1S/C14H23ClN2O2/c15-11-13(18)16-9-5-12(6-10-16)14(19)17-7-3-1-2-4-8-17/h12H,1-11H2. The van der Waals surface area contributed by atoms with Crippen LogP contribution in [0.25, 0.3) is 0 Å². The van der Waals surface area contributed by atoms with Gasteiger partial charge in [0.05, 0.1) is 0 Å². The van der Waals surface area contributed by atoms with Gasteiger partial charge in [-0.05, 0) is 25.7 Å². The molecule has 2 fully saturated rings. The van der Waals surface area contributed by atoms with Gasteiger partial charge in [-0.15, -0.1) is 11.6 Å². The molecule has 0 radical (unpaired) electrons. The van der Waals surface area contributed by atoms with Crippen molar-refractivity contribution in [2.45, 2.75) is 38.5 Å². The van der Waals surface area contributed by atoms with Gasteiger partial charge in [-0.25, -0.2) is 0 Å². The molecular formula is C14H23ClN2O2. The molecule has 108 valence electrons. The summed E-state index contributed by atoms with van der Waals surface area (Å²) in [6.07, 6.45) is 6.33. The molecule has 2 heterocycles. The molecule has 0 aromatic heterocycles. The molecule has 2 saturated heterocycles. The fourth-order valence-corrected chi connectivity index (χ4v) is 3.18. The molecule has 2 amide bonds. The van der Waals surface area contributed by atoms with Crippen molar-refractivity contribution in [1.29, 1.82) is 0 Å². The highest BCUT2D eigenvalue weighted by atomic mass is 35.5. The normalized spacial score (nSPS) is 22.2. The van der Waals surface area contributed by atoms with E-state index in [1.807, 2.05) is 4.90 Å². The van der Waals surface area contributed by atoms with Crippen LogP contribution in [0.2, 0.25) is 0 Å². The van der Waals surface area contributed by atoms with E-state index in [2.05, 4.69) is 0 Å². The molecule has 0 N–H and O–H groups in total. The molecule has 0 spiro atoms. The zero-order valence-corrected chi connectivity index (χ0v) is 12.2. The highest BCUT2D eigenvalue weighted by molar-refractivity contribution is 6.27. The molecule has 0 atom stereocenters. The van der Waals surface area contributed by atoms with Gasteiger partial charge in [0.15, 0.2) is 0 Å². The molecule has 2 aliphatic rings. The topological polar surface area (TPSA) is 40.6 Å². The molecule has 0 bridgehead atoms. The van der Waals surface area contributed by atoms with E-state index < -0.39 is 0 Å². The molecule has 0 saturated carbocycles. The molecule has 0 aromatic rings. The predicted molar refractivity (Wildman–Crippen MR) is 75.1 cm³/mol. The summed E-state index contributed by atoms with van der Waals surface area (Å²) in [6, 6.07) is 0. The molecule has 4 nitrogen and oxygen atoms in total. The van der Waals surface area contributed by atoms with Gasteiger partial charge in [0.2, 0.25) is 11.8 Å². The van der Waals surface area contributed by atoms with Crippen LogP contribution >= 0.6 is 11.6 Å². The second kappa shape index (κ2) is 7.13. The zero-order valence-electron chi connectivity index (χ0n) is 11.4. The van der Waals surface area contributed by atoms with Crippen LogP contribution in [-0.2, 0) is 9.59 Å². The van der Waals surface area contributed by atoms with Gasteiger partial charge in [0.25, 0.3) is 0 Å². The maximum Gasteiger partial charge on any atom is 0.237 e. The Morgan fingerprint density at radius 1 is 0.895 bits per heavy atom. The average molecular weight is 287 g/mol. The van der Waals surface area contributed by atoms with Crippen LogP contribution in [-0.4, -0.2) is 53.7 Å². The second-order valence-electron chi connectivity index (χ2n) is 5.53. The summed E-state index contributed by atoms with van der Waals surface area (Å²) < 4.78 is 0. The molecule has 2 rings (SSSR count). The van der Waals surface area contributed by atoms with E-state index in [0.29, 0.717) is 19.0 Å². The van der Waals surface area contributed by atoms with Gasteiger partial charge >= 0.3 is 0 Å². The first-order valence-electron chi connectivity index (χ1n) is 7.35. The number of likely N-dealkylation sites (tertiary alicyclic amines) is 2. The molecule has 5 heteroatoms.